The molecular weight excluding hydrogens is 450 g/mol. The molecule has 192 valence electrons. The summed E-state index contributed by atoms with van der Waals surface area (Å²) in [4.78, 5) is 42.2. The number of likely N-dealkylation sites (tertiary alicyclic amines) is 1. The summed E-state index contributed by atoms with van der Waals surface area (Å²) in [5.74, 6) is -0.486. The van der Waals surface area contributed by atoms with Crippen LogP contribution in [-0.2, 0) is 20.9 Å². The summed E-state index contributed by atoms with van der Waals surface area (Å²) in [7, 11) is 0. The number of rotatable bonds is 4. The summed E-state index contributed by atoms with van der Waals surface area (Å²) in [5, 5.41) is 10.3. The predicted molar refractivity (Wildman–Crippen MR) is 136 cm³/mol. The second-order valence-electron chi connectivity index (χ2n) is 13.2. The molecule has 5 nitrogen and oxygen atoms in total. The maximum absolute atomic E-state index is 14.2. The molecule has 8 atom stereocenters. The molecule has 36 heavy (non-hydrogen) atoms. The van der Waals surface area contributed by atoms with Crippen molar-refractivity contribution in [2.24, 2.45) is 51.8 Å². The first-order chi connectivity index (χ1) is 17.0. The topological polar surface area (TPSA) is 74.7 Å². The summed E-state index contributed by atoms with van der Waals surface area (Å²) in [6.45, 7) is 9.05. The zero-order chi connectivity index (χ0) is 25.6. The number of carbonyl (C=O) groups excluding carboxylic acids is 2. The van der Waals surface area contributed by atoms with Gasteiger partial charge in [-0.2, -0.15) is 0 Å². The van der Waals surface area contributed by atoms with E-state index in [-0.39, 0.29) is 52.2 Å². The Morgan fingerprint density at radius 2 is 1.78 bits per heavy atom. The number of carbonyl (C=O) groups is 3. The minimum Gasteiger partial charge on any atom is -0.481 e. The Labute approximate surface area is 214 Å². The van der Waals surface area contributed by atoms with Crippen LogP contribution < -0.4 is 0 Å². The zero-order valence-corrected chi connectivity index (χ0v) is 22.0. The lowest BCUT2D eigenvalue weighted by Crippen LogP contribution is -2.65. The molecule has 0 radical (unpaired) electrons. The normalized spacial score (nSPS) is 43.2. The van der Waals surface area contributed by atoms with Gasteiger partial charge >= 0.3 is 5.97 Å². The minimum atomic E-state index is -0.718. The van der Waals surface area contributed by atoms with Crippen LogP contribution in [0.15, 0.2) is 42.0 Å². The standard InChI is InChI=1S/C31H39NO4/c1-18(2)21-16-31-14-11-22-29(3,12-8-13-30(22,4)28(35)36)23(31)15-20(21)24-25(31)27(34)32(26(24)33)17-19-9-6-5-7-10-19/h5-7,9-10,16,18,20,22-25H,8,11-15,17H2,1-4H3,(H,35,36)/t20-,22+,23+,24-,25-,29+,30-,31+/m1/s1. The molecule has 3 saturated carbocycles. The van der Waals surface area contributed by atoms with Crippen molar-refractivity contribution in [1.29, 1.82) is 0 Å². The van der Waals surface area contributed by atoms with E-state index >= 15 is 0 Å². The molecule has 0 aromatic heterocycles. The molecule has 6 aliphatic rings. The molecule has 7 rings (SSSR count). The number of benzene rings is 1. The number of carboxylic acid groups (broad SMARTS) is 1. The van der Waals surface area contributed by atoms with Crippen molar-refractivity contribution in [2.45, 2.75) is 72.8 Å². The molecule has 2 bridgehead atoms. The van der Waals surface area contributed by atoms with Crippen molar-refractivity contribution in [3.05, 3.63) is 47.5 Å². The first-order valence-electron chi connectivity index (χ1n) is 13.9. The smallest absolute Gasteiger partial charge is 0.309 e. The van der Waals surface area contributed by atoms with Crippen LogP contribution in [0.4, 0.5) is 0 Å². The second-order valence-corrected chi connectivity index (χ2v) is 13.2. The Hall–Kier alpha value is -2.43. The van der Waals surface area contributed by atoms with Gasteiger partial charge in [0.05, 0.1) is 23.8 Å². The Balaban J connectivity index is 1.45. The SMILES string of the molecule is CC(C)C1=C[C@@]23CC[C@H]4[C@](C)(CCC[C@@]4(C)C(=O)O)[C@@H]2C[C@H]1[C@H]1C(=O)N(Cc2ccccc2)C(=O)[C@@H]13. The van der Waals surface area contributed by atoms with Crippen molar-refractivity contribution in [3.8, 4) is 0 Å². The third-order valence-electron chi connectivity index (χ3n) is 11.4. The number of hydrogen-bond acceptors (Lipinski definition) is 3. The zero-order valence-electron chi connectivity index (χ0n) is 22.0. The largest absolute Gasteiger partial charge is 0.481 e. The van der Waals surface area contributed by atoms with Crippen molar-refractivity contribution in [2.75, 3.05) is 0 Å². The van der Waals surface area contributed by atoms with E-state index < -0.39 is 11.4 Å². The lowest BCUT2D eigenvalue weighted by atomic mass is 9.34. The van der Waals surface area contributed by atoms with Crippen LogP contribution in [0.5, 0.6) is 0 Å². The molecule has 5 aliphatic carbocycles. The van der Waals surface area contributed by atoms with Crippen LogP contribution in [0.25, 0.3) is 0 Å². The van der Waals surface area contributed by atoms with E-state index in [0.717, 1.165) is 44.1 Å². The van der Waals surface area contributed by atoms with Crippen molar-refractivity contribution in [1.82, 2.24) is 4.90 Å². The van der Waals surface area contributed by atoms with E-state index in [1.807, 2.05) is 37.3 Å². The highest BCUT2D eigenvalue weighted by Gasteiger charge is 2.73. The summed E-state index contributed by atoms with van der Waals surface area (Å²) in [6.07, 6.45) is 7.63. The van der Waals surface area contributed by atoms with E-state index in [1.54, 1.807) is 4.90 Å². The maximum Gasteiger partial charge on any atom is 0.309 e. The fraction of sp³-hybridized carbons (Fsp3) is 0.645. The molecule has 0 unspecified atom stereocenters. The number of fused-ring (bicyclic) bond motifs is 1. The van der Waals surface area contributed by atoms with Gasteiger partial charge in [0.2, 0.25) is 11.8 Å². The van der Waals surface area contributed by atoms with E-state index in [0.29, 0.717) is 12.5 Å². The first kappa shape index (κ1) is 23.9. The van der Waals surface area contributed by atoms with Crippen LogP contribution in [0.2, 0.25) is 0 Å². The number of allylic oxidation sites excluding steroid dienone is 2. The number of imide groups is 1. The average Bonchev–Trinajstić information content (AvgIpc) is 3.11. The molecule has 1 aliphatic heterocycles. The van der Waals surface area contributed by atoms with Gasteiger partial charge in [0.25, 0.3) is 0 Å². The van der Waals surface area contributed by atoms with Crippen LogP contribution in [0, 0.1) is 51.8 Å². The van der Waals surface area contributed by atoms with Crippen LogP contribution in [0.3, 0.4) is 0 Å². The number of carboxylic acids is 1. The number of hydrogen-bond donors (Lipinski definition) is 1. The minimum absolute atomic E-state index is 0.00136. The van der Waals surface area contributed by atoms with Gasteiger partial charge in [-0.05, 0) is 73.7 Å². The quantitative estimate of drug-likeness (QED) is 0.435. The van der Waals surface area contributed by atoms with Crippen LogP contribution in [-0.4, -0.2) is 27.8 Å². The molecule has 5 heteroatoms. The highest BCUT2D eigenvalue weighted by atomic mass is 16.4. The van der Waals surface area contributed by atoms with Gasteiger partial charge in [-0.1, -0.05) is 69.2 Å². The fourth-order valence-electron chi connectivity index (χ4n) is 9.94. The third kappa shape index (κ3) is 2.92. The Kier molecular flexibility index (Phi) is 5.18. The highest BCUT2D eigenvalue weighted by molar-refractivity contribution is 6.06. The molecule has 1 aromatic rings. The number of amides is 2. The van der Waals surface area contributed by atoms with Gasteiger partial charge in [-0.15, -0.1) is 0 Å². The number of aliphatic carboxylic acids is 1. The number of nitrogens with zero attached hydrogens (tertiary/aromatic N) is 1. The van der Waals surface area contributed by atoms with Crippen LogP contribution >= 0.6 is 0 Å². The monoisotopic (exact) mass is 489 g/mol. The first-order valence-corrected chi connectivity index (χ1v) is 13.9. The molecule has 4 fully saturated rings. The lowest BCUT2D eigenvalue weighted by Gasteiger charge is -2.68. The Morgan fingerprint density at radius 1 is 1.06 bits per heavy atom. The van der Waals surface area contributed by atoms with Gasteiger partial charge in [-0.25, -0.2) is 0 Å². The average molecular weight is 490 g/mol. The van der Waals surface area contributed by atoms with Gasteiger partial charge in [0.1, 0.15) is 0 Å². The van der Waals surface area contributed by atoms with Gasteiger partial charge in [0, 0.05) is 5.41 Å². The molecular formula is C31H39NO4. The lowest BCUT2D eigenvalue weighted by molar-refractivity contribution is -0.194. The van der Waals surface area contributed by atoms with Crippen molar-refractivity contribution < 1.29 is 19.5 Å². The molecule has 2 amide bonds. The van der Waals surface area contributed by atoms with Crippen molar-refractivity contribution >= 4 is 17.8 Å². The fourth-order valence-corrected chi connectivity index (χ4v) is 9.94. The van der Waals surface area contributed by atoms with Gasteiger partial charge in [-0.3, -0.25) is 19.3 Å². The van der Waals surface area contributed by atoms with Gasteiger partial charge < -0.3 is 5.11 Å². The second kappa shape index (κ2) is 7.79. The highest BCUT2D eigenvalue weighted by Crippen LogP contribution is 2.74. The Morgan fingerprint density at radius 3 is 2.44 bits per heavy atom. The van der Waals surface area contributed by atoms with E-state index in [2.05, 4.69) is 26.8 Å². The molecule has 1 N–H and O–H groups in total. The molecule has 1 heterocycles. The summed E-state index contributed by atoms with van der Waals surface area (Å²) in [6, 6.07) is 9.82. The van der Waals surface area contributed by atoms with E-state index in [9.17, 15) is 19.5 Å². The van der Waals surface area contributed by atoms with Crippen molar-refractivity contribution in [3.63, 3.8) is 0 Å². The summed E-state index contributed by atoms with van der Waals surface area (Å²) >= 11 is 0. The van der Waals surface area contributed by atoms with E-state index in [4.69, 9.17) is 0 Å². The third-order valence-corrected chi connectivity index (χ3v) is 11.4. The maximum atomic E-state index is 14.2. The predicted octanol–water partition coefficient (Wildman–Crippen LogP) is 5.70. The van der Waals surface area contributed by atoms with E-state index in [1.165, 1.54) is 5.57 Å². The van der Waals surface area contributed by atoms with Crippen LogP contribution in [0.1, 0.15) is 71.8 Å². The molecule has 1 aromatic carbocycles. The summed E-state index contributed by atoms with van der Waals surface area (Å²) < 4.78 is 0. The summed E-state index contributed by atoms with van der Waals surface area (Å²) in [5.41, 5.74) is 1.14. The Bertz CT molecular complexity index is 1160. The molecule has 1 spiro atoms. The molecule has 1 saturated heterocycles. The van der Waals surface area contributed by atoms with Gasteiger partial charge in [0.15, 0.2) is 0 Å².